The van der Waals surface area contributed by atoms with Crippen molar-refractivity contribution >= 4 is 5.97 Å². The van der Waals surface area contributed by atoms with E-state index < -0.39 is 11.6 Å². The number of hydrogen-bond acceptors (Lipinski definition) is 3. The predicted molar refractivity (Wildman–Crippen MR) is 57.2 cm³/mol. The average Bonchev–Trinajstić information content (AvgIpc) is 2.61. The van der Waals surface area contributed by atoms with Crippen molar-refractivity contribution in [2.24, 2.45) is 5.92 Å². The van der Waals surface area contributed by atoms with Crippen molar-refractivity contribution in [3.63, 3.8) is 0 Å². The van der Waals surface area contributed by atoms with Crippen LogP contribution in [0, 0.1) is 5.92 Å². The van der Waals surface area contributed by atoms with Crippen LogP contribution in [0.2, 0.25) is 0 Å². The van der Waals surface area contributed by atoms with Gasteiger partial charge < -0.3 is 14.6 Å². The Morgan fingerprint density at radius 2 is 2.25 bits per heavy atom. The molecule has 0 aliphatic heterocycles. The van der Waals surface area contributed by atoms with Gasteiger partial charge in [-0.05, 0) is 31.4 Å². The Balaban J connectivity index is 2.10. The number of rotatable bonds is 4. The summed E-state index contributed by atoms with van der Waals surface area (Å²) in [5.74, 6) is -0.347. The van der Waals surface area contributed by atoms with Gasteiger partial charge in [-0.25, -0.2) is 4.79 Å². The van der Waals surface area contributed by atoms with Gasteiger partial charge >= 0.3 is 5.97 Å². The maximum absolute atomic E-state index is 10.7. The number of furan rings is 1. The SMILES string of the molecule is CC(O)(CC1CCC1)c1ccc(C(=O)O)o1. The number of carbonyl (C=O) groups is 1. The summed E-state index contributed by atoms with van der Waals surface area (Å²) in [6.07, 6.45) is 4.14. The van der Waals surface area contributed by atoms with E-state index in [-0.39, 0.29) is 5.76 Å². The van der Waals surface area contributed by atoms with Crippen LogP contribution in [0.1, 0.15) is 48.9 Å². The van der Waals surface area contributed by atoms with Crippen LogP contribution in [-0.4, -0.2) is 16.2 Å². The Labute approximate surface area is 93.9 Å². The van der Waals surface area contributed by atoms with Crippen LogP contribution in [0.4, 0.5) is 0 Å². The summed E-state index contributed by atoms with van der Waals surface area (Å²) in [6, 6.07) is 2.93. The molecule has 0 radical (unpaired) electrons. The molecule has 1 aromatic rings. The molecule has 0 spiro atoms. The Morgan fingerprint density at radius 3 is 2.69 bits per heavy atom. The molecule has 1 aliphatic rings. The molecule has 1 aromatic heterocycles. The molecule has 1 saturated carbocycles. The minimum absolute atomic E-state index is 0.121. The van der Waals surface area contributed by atoms with Crippen LogP contribution in [0.5, 0.6) is 0 Å². The van der Waals surface area contributed by atoms with Crippen molar-refractivity contribution in [1.29, 1.82) is 0 Å². The van der Waals surface area contributed by atoms with Crippen LogP contribution < -0.4 is 0 Å². The largest absolute Gasteiger partial charge is 0.475 e. The highest BCUT2D eigenvalue weighted by atomic mass is 16.4. The maximum Gasteiger partial charge on any atom is 0.371 e. The fraction of sp³-hybridized carbons (Fsp3) is 0.583. The first-order chi connectivity index (χ1) is 7.49. The molecule has 1 heterocycles. The summed E-state index contributed by atoms with van der Waals surface area (Å²) in [7, 11) is 0. The summed E-state index contributed by atoms with van der Waals surface area (Å²) in [5, 5.41) is 19.0. The van der Waals surface area contributed by atoms with E-state index in [0.717, 1.165) is 12.8 Å². The zero-order valence-electron chi connectivity index (χ0n) is 9.27. The molecule has 1 fully saturated rings. The smallest absolute Gasteiger partial charge is 0.371 e. The summed E-state index contributed by atoms with van der Waals surface area (Å²) in [6.45, 7) is 1.68. The lowest BCUT2D eigenvalue weighted by Gasteiger charge is -2.32. The van der Waals surface area contributed by atoms with Crippen LogP contribution in [0.3, 0.4) is 0 Å². The van der Waals surface area contributed by atoms with Gasteiger partial charge in [-0.15, -0.1) is 0 Å². The summed E-state index contributed by atoms with van der Waals surface area (Å²) < 4.78 is 5.13. The quantitative estimate of drug-likeness (QED) is 0.823. The van der Waals surface area contributed by atoms with Gasteiger partial charge in [0.15, 0.2) is 0 Å². The van der Waals surface area contributed by atoms with E-state index in [1.807, 2.05) is 0 Å². The van der Waals surface area contributed by atoms with Gasteiger partial charge in [-0.3, -0.25) is 0 Å². The second-order valence-electron chi connectivity index (χ2n) is 4.74. The van der Waals surface area contributed by atoms with Gasteiger partial charge in [-0.1, -0.05) is 19.3 Å². The highest BCUT2D eigenvalue weighted by Gasteiger charge is 2.33. The summed E-state index contributed by atoms with van der Waals surface area (Å²) in [5.41, 5.74) is -1.06. The van der Waals surface area contributed by atoms with Crippen molar-refractivity contribution in [3.8, 4) is 0 Å². The molecule has 4 heteroatoms. The molecule has 16 heavy (non-hydrogen) atoms. The molecule has 2 rings (SSSR count). The molecule has 1 unspecified atom stereocenters. The lowest BCUT2D eigenvalue weighted by atomic mass is 9.77. The third-order valence-corrected chi connectivity index (χ3v) is 3.26. The average molecular weight is 224 g/mol. The van der Waals surface area contributed by atoms with Crippen LogP contribution in [0.15, 0.2) is 16.5 Å². The lowest BCUT2D eigenvalue weighted by Crippen LogP contribution is -2.27. The van der Waals surface area contributed by atoms with Crippen molar-refractivity contribution < 1.29 is 19.4 Å². The standard InChI is InChI=1S/C12H16O4/c1-12(15,7-8-3-2-4-8)10-6-5-9(16-10)11(13)14/h5-6,8,15H,2-4,7H2,1H3,(H,13,14). The first kappa shape index (κ1) is 11.2. The first-order valence-electron chi connectivity index (χ1n) is 5.55. The van der Waals surface area contributed by atoms with Crippen LogP contribution >= 0.6 is 0 Å². The third-order valence-electron chi connectivity index (χ3n) is 3.26. The van der Waals surface area contributed by atoms with E-state index >= 15 is 0 Å². The third kappa shape index (κ3) is 2.11. The van der Waals surface area contributed by atoms with Gasteiger partial charge in [0.2, 0.25) is 5.76 Å². The highest BCUT2D eigenvalue weighted by Crippen LogP contribution is 2.38. The monoisotopic (exact) mass is 224 g/mol. The molecular formula is C12H16O4. The molecule has 0 aromatic carbocycles. The number of carboxylic acids is 1. The van der Waals surface area contributed by atoms with E-state index in [9.17, 15) is 9.90 Å². The van der Waals surface area contributed by atoms with E-state index in [2.05, 4.69) is 0 Å². The summed E-state index contributed by atoms with van der Waals surface area (Å²) >= 11 is 0. The molecular weight excluding hydrogens is 208 g/mol. The molecule has 4 nitrogen and oxygen atoms in total. The summed E-state index contributed by atoms with van der Waals surface area (Å²) in [4.78, 5) is 10.7. The zero-order chi connectivity index (χ0) is 11.8. The molecule has 2 N–H and O–H groups in total. The number of hydrogen-bond donors (Lipinski definition) is 2. The Bertz CT molecular complexity index is 387. The Morgan fingerprint density at radius 1 is 1.56 bits per heavy atom. The minimum Gasteiger partial charge on any atom is -0.475 e. The highest BCUT2D eigenvalue weighted by molar-refractivity contribution is 5.84. The van der Waals surface area contributed by atoms with E-state index in [4.69, 9.17) is 9.52 Å². The first-order valence-corrected chi connectivity index (χ1v) is 5.55. The Kier molecular flexibility index (Phi) is 2.76. The molecule has 0 bridgehead atoms. The van der Waals surface area contributed by atoms with E-state index in [0.29, 0.717) is 18.1 Å². The second-order valence-corrected chi connectivity index (χ2v) is 4.74. The van der Waals surface area contributed by atoms with Gasteiger partial charge in [0.25, 0.3) is 0 Å². The second kappa shape index (κ2) is 3.94. The number of aromatic carboxylic acids is 1. The minimum atomic E-state index is -1.11. The lowest BCUT2D eigenvalue weighted by molar-refractivity contribution is -0.00377. The fourth-order valence-electron chi connectivity index (χ4n) is 2.10. The normalized spacial score (nSPS) is 20.1. The van der Waals surface area contributed by atoms with Crippen LogP contribution in [-0.2, 0) is 5.60 Å². The molecule has 1 aliphatic carbocycles. The molecule has 1 atom stereocenters. The van der Waals surface area contributed by atoms with E-state index in [1.54, 1.807) is 13.0 Å². The van der Waals surface area contributed by atoms with Gasteiger partial charge in [0.05, 0.1) is 0 Å². The number of carboxylic acid groups (broad SMARTS) is 1. The topological polar surface area (TPSA) is 70.7 Å². The van der Waals surface area contributed by atoms with Gasteiger partial charge in [-0.2, -0.15) is 0 Å². The van der Waals surface area contributed by atoms with Crippen molar-refractivity contribution in [2.45, 2.75) is 38.2 Å². The molecule has 88 valence electrons. The van der Waals surface area contributed by atoms with Crippen LogP contribution in [0.25, 0.3) is 0 Å². The predicted octanol–water partition coefficient (Wildman–Crippen LogP) is 2.38. The van der Waals surface area contributed by atoms with Crippen molar-refractivity contribution in [2.75, 3.05) is 0 Å². The number of aliphatic hydroxyl groups is 1. The molecule has 0 saturated heterocycles. The maximum atomic E-state index is 10.7. The van der Waals surface area contributed by atoms with Crippen molar-refractivity contribution in [1.82, 2.24) is 0 Å². The zero-order valence-corrected chi connectivity index (χ0v) is 9.27. The Hall–Kier alpha value is -1.29. The molecule has 0 amide bonds. The van der Waals surface area contributed by atoms with Gasteiger partial charge in [0.1, 0.15) is 11.4 Å². The van der Waals surface area contributed by atoms with Gasteiger partial charge in [0, 0.05) is 0 Å². The fourth-order valence-corrected chi connectivity index (χ4v) is 2.10. The van der Waals surface area contributed by atoms with E-state index in [1.165, 1.54) is 12.5 Å². The van der Waals surface area contributed by atoms with Crippen molar-refractivity contribution in [3.05, 3.63) is 23.7 Å².